The zero-order chi connectivity index (χ0) is 58.5. The number of nitrogens with zero attached hydrogens (tertiary/aromatic N) is 4. The summed E-state index contributed by atoms with van der Waals surface area (Å²) in [6, 6.07) is 33.6. The van der Waals surface area contributed by atoms with Crippen LogP contribution in [0.1, 0.15) is 271 Å². The zero-order valence-electron chi connectivity index (χ0n) is 51.6. The normalized spacial score (nSPS) is 11.5. The van der Waals surface area contributed by atoms with Crippen LogP contribution < -0.4 is 18.9 Å². The molecule has 0 N–H and O–H groups in total. The molecule has 0 aromatic heterocycles. The molecule has 5 aromatic carbocycles. The van der Waals surface area contributed by atoms with Gasteiger partial charge in [-0.2, -0.15) is 20.5 Å². The molecule has 0 bridgehead atoms. The molecule has 10 nitrogen and oxygen atoms in total. The first kappa shape index (κ1) is 67.6. The highest BCUT2D eigenvalue weighted by molar-refractivity contribution is 5.92. The summed E-state index contributed by atoms with van der Waals surface area (Å²) in [4.78, 5) is 26.3. The van der Waals surface area contributed by atoms with Gasteiger partial charge in [0.15, 0.2) is 0 Å². The van der Waals surface area contributed by atoms with E-state index >= 15 is 0 Å². The van der Waals surface area contributed by atoms with Crippen molar-refractivity contribution in [1.29, 1.82) is 0 Å². The summed E-state index contributed by atoms with van der Waals surface area (Å²) in [5.41, 5.74) is 3.97. The number of azo groups is 2. The average Bonchev–Trinajstić information content (AvgIpc) is 3.60. The maximum atomic E-state index is 13.2. The molecule has 0 fully saturated rings. The van der Waals surface area contributed by atoms with E-state index in [1.807, 2.05) is 55.5 Å². The molecule has 0 saturated carbocycles. The van der Waals surface area contributed by atoms with Gasteiger partial charge >= 0.3 is 11.9 Å². The van der Waals surface area contributed by atoms with Crippen LogP contribution in [0.4, 0.5) is 22.7 Å². The van der Waals surface area contributed by atoms with E-state index in [-0.39, 0.29) is 11.5 Å². The first-order chi connectivity index (χ1) is 40.9. The van der Waals surface area contributed by atoms with E-state index < -0.39 is 11.9 Å². The Morgan fingerprint density at radius 3 is 0.855 bits per heavy atom. The quantitative estimate of drug-likeness (QED) is 0.0166. The fourth-order valence-electron chi connectivity index (χ4n) is 10.2. The van der Waals surface area contributed by atoms with Crippen molar-refractivity contribution in [2.75, 3.05) is 13.2 Å². The van der Waals surface area contributed by atoms with Gasteiger partial charge in [-0.3, -0.25) is 0 Å². The molecule has 0 atom stereocenters. The smallest absolute Gasteiger partial charge is 0.343 e. The third kappa shape index (κ3) is 31.4. The highest BCUT2D eigenvalue weighted by atomic mass is 16.5. The number of unbranched alkanes of at least 4 members (excludes halogenated alkanes) is 34. The van der Waals surface area contributed by atoms with Gasteiger partial charge in [0.05, 0.1) is 47.1 Å². The van der Waals surface area contributed by atoms with Gasteiger partial charge in [0.1, 0.15) is 23.0 Å². The molecular weight excluding hydrogens is 1030 g/mol. The molecule has 5 rings (SSSR count). The summed E-state index contributed by atoms with van der Waals surface area (Å²) >= 11 is 0. The summed E-state index contributed by atoms with van der Waals surface area (Å²) in [5.74, 6) is 1.06. The van der Waals surface area contributed by atoms with Crippen molar-refractivity contribution in [3.8, 4) is 23.0 Å². The number of esters is 2. The van der Waals surface area contributed by atoms with Crippen molar-refractivity contribution >= 4 is 34.7 Å². The number of aryl methyl sites for hydroxylation is 1. The maximum absolute atomic E-state index is 13.2. The third-order valence-corrected chi connectivity index (χ3v) is 15.5. The monoisotopic (exact) mass is 1130 g/mol. The van der Waals surface area contributed by atoms with Gasteiger partial charge in [-0.05, 0) is 128 Å². The van der Waals surface area contributed by atoms with Gasteiger partial charge in [0, 0.05) is 6.07 Å². The Morgan fingerprint density at radius 2 is 0.554 bits per heavy atom. The van der Waals surface area contributed by atoms with Crippen LogP contribution >= 0.6 is 0 Å². The molecular formula is C73H104N4O6. The van der Waals surface area contributed by atoms with Crippen molar-refractivity contribution < 1.29 is 28.5 Å². The minimum Gasteiger partial charge on any atom is -0.494 e. The highest BCUT2D eigenvalue weighted by Crippen LogP contribution is 2.29. The summed E-state index contributed by atoms with van der Waals surface area (Å²) < 4.78 is 23.4. The van der Waals surface area contributed by atoms with Crippen LogP contribution in [0.3, 0.4) is 0 Å². The van der Waals surface area contributed by atoms with E-state index in [4.69, 9.17) is 18.9 Å². The van der Waals surface area contributed by atoms with E-state index in [1.54, 1.807) is 60.7 Å². The third-order valence-electron chi connectivity index (χ3n) is 15.5. The summed E-state index contributed by atoms with van der Waals surface area (Å²) in [7, 11) is 0. The number of hydrogen-bond donors (Lipinski definition) is 0. The van der Waals surface area contributed by atoms with Crippen molar-refractivity contribution in [3.63, 3.8) is 0 Å². The minimum atomic E-state index is -0.560. The predicted molar refractivity (Wildman–Crippen MR) is 344 cm³/mol. The van der Waals surface area contributed by atoms with Gasteiger partial charge < -0.3 is 18.9 Å². The molecule has 0 saturated heterocycles. The van der Waals surface area contributed by atoms with Crippen LogP contribution in [-0.4, -0.2) is 25.2 Å². The topological polar surface area (TPSA) is 121 Å². The van der Waals surface area contributed by atoms with Crippen molar-refractivity contribution in [1.82, 2.24) is 0 Å². The highest BCUT2D eigenvalue weighted by Gasteiger charge is 2.15. The lowest BCUT2D eigenvalue weighted by atomic mass is 10.0. The first-order valence-electron chi connectivity index (χ1n) is 32.9. The van der Waals surface area contributed by atoms with E-state index in [9.17, 15) is 9.59 Å². The SMILES string of the molecule is CCCCCCCCCCCCCCCCCCCCOc1ccc(N=Nc2ccc(C(=O)Oc3ccc(C)c(OC(=O)c4ccc(N=Nc5ccc(OCCCCCCCCCCCCCCCCCCCC)cc5)cc4)c3)cc2)cc1. The number of rotatable bonds is 48. The zero-order valence-corrected chi connectivity index (χ0v) is 51.6. The molecule has 0 spiro atoms. The number of benzene rings is 5. The lowest BCUT2D eigenvalue weighted by Gasteiger charge is -2.10. The predicted octanol–water partition coefficient (Wildman–Crippen LogP) is 24.1. The van der Waals surface area contributed by atoms with E-state index in [0.29, 0.717) is 52.7 Å². The number of hydrogen-bond acceptors (Lipinski definition) is 10. The molecule has 10 heteroatoms. The number of carbonyl (C=O) groups is 2. The Kier molecular flexibility index (Phi) is 36.2. The van der Waals surface area contributed by atoms with Gasteiger partial charge in [0.2, 0.25) is 0 Å². The maximum Gasteiger partial charge on any atom is 0.343 e. The Labute approximate surface area is 501 Å². The van der Waals surface area contributed by atoms with E-state index in [1.165, 1.54) is 224 Å². The molecule has 0 aliphatic carbocycles. The summed E-state index contributed by atoms with van der Waals surface area (Å²) in [6.07, 6.45) is 49.1. The van der Waals surface area contributed by atoms with Crippen LogP contribution in [0.5, 0.6) is 23.0 Å². The van der Waals surface area contributed by atoms with Gasteiger partial charge in [0.25, 0.3) is 0 Å². The molecule has 0 amide bonds. The standard InChI is InChI=1S/C73H104N4O6/c1-4-6-8-10-12-14-16-18-20-22-24-26-28-30-32-34-36-38-58-80-68-54-49-66(50-55-68)76-74-64-45-41-62(42-46-64)72(78)82-70-53-40-61(3)71(60-70)83-73(79)63-43-47-65(48-44-63)75-77-67-51-56-69(57-52-67)81-59-39-37-35-33-31-29-27-25-23-21-19-17-15-13-11-9-7-5-2/h40-57,60H,4-39,58-59H2,1-3H3. The number of ether oxygens (including phenoxy) is 4. The largest absolute Gasteiger partial charge is 0.494 e. The molecule has 0 aliphatic rings. The second-order valence-electron chi connectivity index (χ2n) is 22.9. The van der Waals surface area contributed by atoms with Crippen LogP contribution in [0, 0.1) is 6.92 Å². The first-order valence-corrected chi connectivity index (χ1v) is 32.9. The summed E-state index contributed by atoms with van der Waals surface area (Å²) in [6.45, 7) is 7.82. The fraction of sp³-hybridized carbons (Fsp3) is 0.562. The van der Waals surface area contributed by atoms with Crippen LogP contribution in [-0.2, 0) is 0 Å². The molecule has 0 radical (unpaired) electrons. The molecule has 0 heterocycles. The molecule has 5 aromatic rings. The molecule has 83 heavy (non-hydrogen) atoms. The molecule has 0 unspecified atom stereocenters. The second kappa shape index (κ2) is 44.4. The molecule has 452 valence electrons. The second-order valence-corrected chi connectivity index (χ2v) is 22.9. The van der Waals surface area contributed by atoms with E-state index in [2.05, 4.69) is 34.3 Å². The Bertz CT molecular complexity index is 2510. The summed E-state index contributed by atoms with van der Waals surface area (Å²) in [5, 5.41) is 17.4. The minimum absolute atomic E-state index is 0.242. The van der Waals surface area contributed by atoms with Gasteiger partial charge in [-0.25, -0.2) is 9.59 Å². The van der Waals surface area contributed by atoms with Crippen molar-refractivity contribution in [2.24, 2.45) is 20.5 Å². The lowest BCUT2D eigenvalue weighted by Crippen LogP contribution is -2.11. The number of carbonyl (C=O) groups excluding carboxylic acids is 2. The van der Waals surface area contributed by atoms with Crippen LogP contribution in [0.25, 0.3) is 0 Å². The Hall–Kier alpha value is -6.16. The van der Waals surface area contributed by atoms with E-state index in [0.717, 1.165) is 24.3 Å². The Morgan fingerprint density at radius 1 is 0.301 bits per heavy atom. The Balaban J connectivity index is 0.889. The molecule has 0 aliphatic heterocycles. The van der Waals surface area contributed by atoms with Crippen molar-refractivity contribution in [3.05, 3.63) is 132 Å². The van der Waals surface area contributed by atoms with Crippen molar-refractivity contribution in [2.45, 2.75) is 252 Å². The van der Waals surface area contributed by atoms with Gasteiger partial charge in [-0.15, -0.1) is 0 Å². The fourth-order valence-corrected chi connectivity index (χ4v) is 10.2. The lowest BCUT2D eigenvalue weighted by molar-refractivity contribution is 0.0731. The van der Waals surface area contributed by atoms with Crippen LogP contribution in [0.15, 0.2) is 136 Å². The van der Waals surface area contributed by atoms with Gasteiger partial charge in [-0.1, -0.05) is 238 Å². The average molecular weight is 1130 g/mol. The van der Waals surface area contributed by atoms with Crippen LogP contribution in [0.2, 0.25) is 0 Å².